The predicted octanol–water partition coefficient (Wildman–Crippen LogP) is 5.78. The summed E-state index contributed by atoms with van der Waals surface area (Å²) in [7, 11) is -2.05. The lowest BCUT2D eigenvalue weighted by atomic mass is 9.94. The quantitative estimate of drug-likeness (QED) is 0.245. The average molecular weight is 736 g/mol. The van der Waals surface area contributed by atoms with Crippen molar-refractivity contribution in [3.8, 4) is 22.2 Å². The molecule has 274 valence electrons. The van der Waals surface area contributed by atoms with Gasteiger partial charge in [-0.1, -0.05) is 32.4 Å². The highest BCUT2D eigenvalue weighted by molar-refractivity contribution is 7.91. The Bertz CT molecular complexity index is 1940. The fourth-order valence-corrected chi connectivity index (χ4v) is 9.90. The highest BCUT2D eigenvalue weighted by atomic mass is 32.2. The lowest BCUT2D eigenvalue weighted by molar-refractivity contribution is -0.126. The first-order valence-electron chi connectivity index (χ1n) is 18.4. The SMILES string of the molecule is COc1ccc2c(O[C@@H]3C[C@H]4CN[C@]5(C(=O)NS(=O)(=O)C6CC6)CC5/C=C\CCCCCNC(=O)[C@@H]4C3)cc(-c3nc(C(C)C)cs3)nc2c1C. The molecule has 1 unspecified atom stereocenters. The number of allylic oxidation sites excluding steroid dienone is 1. The smallest absolute Gasteiger partial charge is 0.254 e. The number of carbonyl (C=O) groups excluding carboxylic acids is 2. The lowest BCUT2D eigenvalue weighted by Crippen LogP contribution is -2.52. The number of hydrogen-bond donors (Lipinski definition) is 3. The molecule has 2 amide bonds. The zero-order chi connectivity index (χ0) is 35.9. The van der Waals surface area contributed by atoms with Gasteiger partial charge in [-0.2, -0.15) is 0 Å². The van der Waals surface area contributed by atoms with Crippen molar-refractivity contribution in [2.75, 3.05) is 20.2 Å². The molecular formula is C38H49N5O6S2. The van der Waals surface area contributed by atoms with Crippen LogP contribution in [0.1, 0.15) is 88.8 Å². The number of rotatable bonds is 8. The zero-order valence-electron chi connectivity index (χ0n) is 29.9. The van der Waals surface area contributed by atoms with E-state index >= 15 is 0 Å². The minimum absolute atomic E-state index is 0.00656. The maximum Gasteiger partial charge on any atom is 0.254 e. The van der Waals surface area contributed by atoms with Gasteiger partial charge >= 0.3 is 0 Å². The number of aromatic nitrogens is 2. The topological polar surface area (TPSA) is 149 Å². The van der Waals surface area contributed by atoms with Crippen LogP contribution >= 0.6 is 11.3 Å². The molecule has 3 aromatic rings. The van der Waals surface area contributed by atoms with Crippen LogP contribution in [-0.4, -0.2) is 67.3 Å². The van der Waals surface area contributed by atoms with Gasteiger partial charge < -0.3 is 20.1 Å². The van der Waals surface area contributed by atoms with Crippen molar-refractivity contribution in [1.29, 1.82) is 0 Å². The van der Waals surface area contributed by atoms with E-state index in [0.29, 0.717) is 50.9 Å². The normalized spacial score (nSPS) is 27.8. The van der Waals surface area contributed by atoms with Gasteiger partial charge in [-0.05, 0) is 88.8 Å². The van der Waals surface area contributed by atoms with Crippen LogP contribution in [0.2, 0.25) is 0 Å². The summed E-state index contributed by atoms with van der Waals surface area (Å²) in [6, 6.07) is 5.85. The van der Waals surface area contributed by atoms with Crippen LogP contribution in [0.4, 0.5) is 0 Å². The highest BCUT2D eigenvalue weighted by Crippen LogP contribution is 2.47. The second kappa shape index (κ2) is 14.5. The molecule has 51 heavy (non-hydrogen) atoms. The summed E-state index contributed by atoms with van der Waals surface area (Å²) < 4.78 is 40.4. The molecule has 7 rings (SSSR count). The standard InChI is InChI=1S/C38H49N5O6S2/c1-22(2)31-21-50-36(42-31)30-18-33(28-13-14-32(48-4)23(3)34(28)41-30)49-26-16-24-20-40-38(37(45)43-51(46,47)27-11-12-27)19-25(38)10-8-6-5-7-9-15-39-35(44)29(24)17-26/h8,10,13-14,18,21-22,24-27,29,40H,5-7,9,11-12,15-17,19-20H2,1-4H3,(H,39,44)(H,43,45)/b10-8-/t24-,25?,26+,29+,38+/m0/s1. The summed E-state index contributed by atoms with van der Waals surface area (Å²) in [5.41, 5.74) is 2.39. The Morgan fingerprint density at radius 1 is 1.12 bits per heavy atom. The van der Waals surface area contributed by atoms with Crippen molar-refractivity contribution < 1.29 is 27.5 Å². The second-order valence-corrected chi connectivity index (χ2v) is 17.8. The number of benzene rings is 1. The molecule has 3 N–H and O–H groups in total. The van der Waals surface area contributed by atoms with E-state index in [-0.39, 0.29) is 35.7 Å². The molecule has 0 radical (unpaired) electrons. The predicted molar refractivity (Wildman–Crippen MR) is 198 cm³/mol. The Morgan fingerprint density at radius 2 is 1.94 bits per heavy atom. The molecule has 3 saturated carbocycles. The molecule has 11 nitrogen and oxygen atoms in total. The van der Waals surface area contributed by atoms with Crippen LogP contribution in [0.25, 0.3) is 21.6 Å². The van der Waals surface area contributed by atoms with Crippen LogP contribution in [0, 0.1) is 24.7 Å². The van der Waals surface area contributed by atoms with E-state index in [1.165, 1.54) is 0 Å². The number of pyridine rings is 1. The van der Waals surface area contributed by atoms with E-state index in [0.717, 1.165) is 64.3 Å². The largest absolute Gasteiger partial charge is 0.496 e. The van der Waals surface area contributed by atoms with Gasteiger partial charge in [-0.25, -0.2) is 18.4 Å². The maximum absolute atomic E-state index is 13.7. The molecule has 13 heteroatoms. The Labute approximate surface area is 304 Å². The molecule has 3 fully saturated rings. The lowest BCUT2D eigenvalue weighted by Gasteiger charge is -2.24. The monoisotopic (exact) mass is 735 g/mol. The van der Waals surface area contributed by atoms with Crippen LogP contribution in [0.3, 0.4) is 0 Å². The van der Waals surface area contributed by atoms with Gasteiger partial charge in [0, 0.05) is 40.8 Å². The molecule has 3 aliphatic carbocycles. The van der Waals surface area contributed by atoms with Crippen LogP contribution < -0.4 is 24.8 Å². The van der Waals surface area contributed by atoms with Crippen molar-refractivity contribution in [2.45, 2.75) is 101 Å². The van der Waals surface area contributed by atoms with Crippen molar-refractivity contribution in [1.82, 2.24) is 25.3 Å². The number of carbonyl (C=O) groups is 2. The summed E-state index contributed by atoms with van der Waals surface area (Å²) in [5.74, 6) is 0.627. The van der Waals surface area contributed by atoms with Crippen molar-refractivity contribution in [2.24, 2.45) is 17.8 Å². The fraction of sp³-hybridized carbons (Fsp3) is 0.579. The van der Waals surface area contributed by atoms with E-state index < -0.39 is 26.7 Å². The fourth-order valence-electron chi connectivity index (χ4n) is 7.60. The number of aryl methyl sites for hydroxylation is 1. The van der Waals surface area contributed by atoms with E-state index in [2.05, 4.69) is 46.7 Å². The molecule has 2 aromatic heterocycles. The third kappa shape index (κ3) is 7.52. The third-order valence-electron chi connectivity index (χ3n) is 11.0. The van der Waals surface area contributed by atoms with E-state index in [1.807, 2.05) is 25.1 Å². The summed E-state index contributed by atoms with van der Waals surface area (Å²) >= 11 is 1.56. The summed E-state index contributed by atoms with van der Waals surface area (Å²) in [4.78, 5) is 37.3. The maximum atomic E-state index is 13.7. The average Bonchev–Trinajstić information content (AvgIpc) is 3.98. The molecule has 1 aromatic carbocycles. The molecule has 0 bridgehead atoms. The van der Waals surface area contributed by atoms with Crippen molar-refractivity contribution >= 4 is 44.1 Å². The van der Waals surface area contributed by atoms with E-state index in [1.54, 1.807) is 18.4 Å². The van der Waals surface area contributed by atoms with Gasteiger partial charge in [-0.3, -0.25) is 14.3 Å². The number of nitrogens with one attached hydrogen (secondary N) is 3. The zero-order valence-corrected chi connectivity index (χ0v) is 31.5. The van der Waals surface area contributed by atoms with E-state index in [4.69, 9.17) is 19.4 Å². The number of thiazole rings is 1. The first-order chi connectivity index (χ1) is 24.5. The van der Waals surface area contributed by atoms with Crippen LogP contribution in [-0.2, 0) is 19.6 Å². The molecular weight excluding hydrogens is 687 g/mol. The first-order valence-corrected chi connectivity index (χ1v) is 20.8. The van der Waals surface area contributed by atoms with Gasteiger partial charge in [0.15, 0.2) is 0 Å². The van der Waals surface area contributed by atoms with Gasteiger partial charge in [0.05, 0.1) is 29.7 Å². The number of amides is 2. The van der Waals surface area contributed by atoms with Crippen molar-refractivity contribution in [3.05, 3.63) is 47.0 Å². The number of ether oxygens (including phenoxy) is 2. The van der Waals surface area contributed by atoms with Crippen molar-refractivity contribution in [3.63, 3.8) is 0 Å². The second-order valence-electron chi connectivity index (χ2n) is 15.0. The number of hydrogen-bond acceptors (Lipinski definition) is 10. The molecule has 4 aliphatic rings. The Morgan fingerprint density at radius 3 is 2.69 bits per heavy atom. The van der Waals surface area contributed by atoms with Gasteiger partial charge in [0.25, 0.3) is 5.91 Å². The summed E-state index contributed by atoms with van der Waals surface area (Å²) in [6.45, 7) is 7.22. The van der Waals surface area contributed by atoms with Gasteiger partial charge in [0.2, 0.25) is 15.9 Å². The Kier molecular flexibility index (Phi) is 10.2. The minimum Gasteiger partial charge on any atom is -0.496 e. The van der Waals surface area contributed by atoms with Crippen LogP contribution in [0.15, 0.2) is 35.7 Å². The molecule has 0 saturated heterocycles. The number of nitrogens with zero attached hydrogens (tertiary/aromatic N) is 2. The van der Waals surface area contributed by atoms with Gasteiger partial charge in [-0.15, -0.1) is 11.3 Å². The third-order valence-corrected chi connectivity index (χ3v) is 13.7. The molecule has 0 spiro atoms. The summed E-state index contributed by atoms with van der Waals surface area (Å²) in [5, 5.41) is 9.92. The molecule has 5 atom stereocenters. The number of methoxy groups -OCH3 is 1. The first kappa shape index (κ1) is 35.8. The number of sulfonamides is 1. The highest BCUT2D eigenvalue weighted by Gasteiger charge is 2.60. The van der Waals surface area contributed by atoms with Crippen LogP contribution in [0.5, 0.6) is 11.5 Å². The Hall–Kier alpha value is -3.55. The Balaban J connectivity index is 1.17. The molecule has 3 heterocycles. The molecule has 1 aliphatic heterocycles. The van der Waals surface area contributed by atoms with Gasteiger partial charge in [0.1, 0.15) is 27.7 Å². The van der Waals surface area contributed by atoms with E-state index in [9.17, 15) is 18.0 Å². The summed E-state index contributed by atoms with van der Waals surface area (Å²) in [6.07, 6.45) is 10.4. The minimum atomic E-state index is -3.70. The number of fused-ring (bicyclic) bond motifs is 3.